The van der Waals surface area contributed by atoms with E-state index < -0.39 is 0 Å². The Morgan fingerprint density at radius 2 is 1.88 bits per heavy atom. The Labute approximate surface area is 206 Å². The van der Waals surface area contributed by atoms with Crippen molar-refractivity contribution in [2.75, 3.05) is 40.8 Å². The third-order valence-corrected chi connectivity index (χ3v) is 4.44. The van der Waals surface area contributed by atoms with Crippen LogP contribution in [0.1, 0.15) is 22.8 Å². The number of carbonyl (C=O) groups excluding carboxylic acids is 1. The summed E-state index contributed by atoms with van der Waals surface area (Å²) in [6, 6.07) is 13.8. The molecule has 1 amide bonds. The molecule has 0 aromatic heterocycles. The Hall–Kier alpha value is -2.40. The van der Waals surface area contributed by atoms with Crippen molar-refractivity contribution < 1.29 is 13.9 Å². The molecule has 0 aliphatic carbocycles. The minimum absolute atomic E-state index is 0. The molecule has 0 spiro atoms. The van der Waals surface area contributed by atoms with Gasteiger partial charge in [0, 0.05) is 32.2 Å². The van der Waals surface area contributed by atoms with Gasteiger partial charge in [-0.1, -0.05) is 24.3 Å². The van der Waals surface area contributed by atoms with E-state index in [0.29, 0.717) is 31.2 Å². The lowest BCUT2D eigenvalue weighted by Gasteiger charge is -2.18. The number of hydrogen-bond donors (Lipinski definition) is 3. The highest BCUT2D eigenvalue weighted by atomic mass is 127. The van der Waals surface area contributed by atoms with E-state index in [-0.39, 0.29) is 47.6 Å². The van der Waals surface area contributed by atoms with Crippen LogP contribution in [0.5, 0.6) is 5.75 Å². The van der Waals surface area contributed by atoms with Crippen molar-refractivity contribution in [2.24, 2.45) is 4.99 Å². The Morgan fingerprint density at radius 3 is 2.56 bits per heavy atom. The smallest absolute Gasteiger partial charge is 0.251 e. The molecule has 0 aliphatic rings. The molecule has 0 aliphatic heterocycles. The maximum Gasteiger partial charge on any atom is 0.251 e. The molecule has 0 bridgehead atoms. The third-order valence-electron chi connectivity index (χ3n) is 4.44. The normalized spacial score (nSPS) is 12.0. The number of amides is 1. The van der Waals surface area contributed by atoms with Crippen LogP contribution in [0.2, 0.25) is 0 Å². The number of guanidine groups is 1. The van der Waals surface area contributed by atoms with Crippen molar-refractivity contribution >= 4 is 35.8 Å². The number of para-hydroxylation sites is 1. The summed E-state index contributed by atoms with van der Waals surface area (Å²) in [6.07, 6.45) is -0.260. The van der Waals surface area contributed by atoms with Crippen LogP contribution >= 0.6 is 24.0 Å². The number of halogens is 2. The van der Waals surface area contributed by atoms with Gasteiger partial charge in [0.05, 0.1) is 6.54 Å². The Balaban J connectivity index is 0.00000512. The largest absolute Gasteiger partial charge is 0.486 e. The second-order valence-electron chi connectivity index (χ2n) is 7.43. The Kier molecular flexibility index (Phi) is 12.6. The average Bonchev–Trinajstić information content (AvgIpc) is 2.75. The summed E-state index contributed by atoms with van der Waals surface area (Å²) < 4.78 is 19.3. The van der Waals surface area contributed by atoms with E-state index in [1.807, 2.05) is 44.1 Å². The molecule has 1 unspecified atom stereocenters. The Bertz CT molecular complexity index is 879. The van der Waals surface area contributed by atoms with E-state index in [1.165, 1.54) is 6.07 Å². The van der Waals surface area contributed by atoms with Crippen molar-refractivity contribution in [3.05, 3.63) is 65.5 Å². The van der Waals surface area contributed by atoms with Gasteiger partial charge >= 0.3 is 0 Å². The summed E-state index contributed by atoms with van der Waals surface area (Å²) in [5, 5.41) is 9.29. The fourth-order valence-corrected chi connectivity index (χ4v) is 2.76. The van der Waals surface area contributed by atoms with Crippen LogP contribution in [0.15, 0.2) is 53.5 Å². The molecule has 2 aromatic rings. The molecule has 0 saturated heterocycles. The molecule has 3 N–H and O–H groups in total. The fraction of sp³-hybridized carbons (Fsp3) is 0.391. The highest BCUT2D eigenvalue weighted by Crippen LogP contribution is 2.16. The number of rotatable bonds is 10. The molecule has 9 heteroatoms. The van der Waals surface area contributed by atoms with E-state index in [2.05, 4.69) is 20.9 Å². The summed E-state index contributed by atoms with van der Waals surface area (Å²) in [5.74, 6) is 0.332. The molecule has 0 saturated carbocycles. The van der Waals surface area contributed by atoms with Crippen LogP contribution in [0.3, 0.4) is 0 Å². The highest BCUT2D eigenvalue weighted by molar-refractivity contribution is 14.0. The van der Waals surface area contributed by atoms with Gasteiger partial charge in [0.25, 0.3) is 5.91 Å². The summed E-state index contributed by atoms with van der Waals surface area (Å²) in [7, 11) is 5.60. The predicted molar refractivity (Wildman–Crippen MR) is 137 cm³/mol. The number of ether oxygens (including phenoxy) is 1. The van der Waals surface area contributed by atoms with Crippen LogP contribution in [0.25, 0.3) is 0 Å². The molecule has 7 nitrogen and oxygen atoms in total. The molecular weight excluding hydrogens is 524 g/mol. The first-order chi connectivity index (χ1) is 14.9. The van der Waals surface area contributed by atoms with Gasteiger partial charge in [0.2, 0.25) is 0 Å². The van der Waals surface area contributed by atoms with Gasteiger partial charge in [-0.3, -0.25) is 9.79 Å². The number of aliphatic imine (C=N–C) groups is 1. The first kappa shape index (κ1) is 27.6. The fourth-order valence-electron chi connectivity index (χ4n) is 2.76. The second kappa shape index (κ2) is 14.6. The topological polar surface area (TPSA) is 78.0 Å². The first-order valence-electron chi connectivity index (χ1n) is 10.3. The average molecular weight is 557 g/mol. The van der Waals surface area contributed by atoms with Crippen LogP contribution in [0.4, 0.5) is 4.39 Å². The molecular formula is C23H33FIN5O2. The van der Waals surface area contributed by atoms with Crippen LogP contribution < -0.4 is 20.7 Å². The van der Waals surface area contributed by atoms with Gasteiger partial charge in [-0.2, -0.15) is 0 Å². The van der Waals surface area contributed by atoms with E-state index >= 15 is 0 Å². The first-order valence-corrected chi connectivity index (χ1v) is 10.3. The lowest BCUT2D eigenvalue weighted by Crippen LogP contribution is -2.41. The van der Waals surface area contributed by atoms with Crippen LogP contribution in [-0.4, -0.2) is 63.6 Å². The Morgan fingerprint density at radius 1 is 1.12 bits per heavy atom. The minimum Gasteiger partial charge on any atom is -0.486 e. The standard InChI is InChI=1S/C23H32FN5O2.HI/c1-17(31-21-11-6-5-10-20(21)24)15-27-23(25-2)28-16-18-8-7-9-19(14-18)22(30)26-12-13-29(3)4;/h5-11,14,17H,12-13,15-16H2,1-4H3,(H,26,30)(H2,25,27,28);1H. The summed E-state index contributed by atoms with van der Waals surface area (Å²) in [5.41, 5.74) is 1.58. The van der Waals surface area contributed by atoms with Gasteiger partial charge < -0.3 is 25.6 Å². The summed E-state index contributed by atoms with van der Waals surface area (Å²) in [4.78, 5) is 18.5. The zero-order chi connectivity index (χ0) is 22.6. The monoisotopic (exact) mass is 557 g/mol. The minimum atomic E-state index is -0.387. The molecule has 1 atom stereocenters. The zero-order valence-electron chi connectivity index (χ0n) is 19.0. The molecule has 2 aromatic carbocycles. The third kappa shape index (κ3) is 9.82. The zero-order valence-corrected chi connectivity index (χ0v) is 21.4. The molecule has 0 fully saturated rings. The number of nitrogens with one attached hydrogen (secondary N) is 3. The van der Waals surface area contributed by atoms with Gasteiger partial charge in [-0.05, 0) is 50.8 Å². The molecule has 0 radical (unpaired) electrons. The number of nitrogens with zero attached hydrogens (tertiary/aromatic N) is 2. The maximum atomic E-state index is 13.7. The van der Waals surface area contributed by atoms with E-state index in [0.717, 1.165) is 12.1 Å². The molecule has 176 valence electrons. The lowest BCUT2D eigenvalue weighted by atomic mass is 10.1. The van der Waals surface area contributed by atoms with Crippen LogP contribution in [0, 0.1) is 5.82 Å². The van der Waals surface area contributed by atoms with Crippen molar-refractivity contribution in [3.63, 3.8) is 0 Å². The van der Waals surface area contributed by atoms with Crippen molar-refractivity contribution in [3.8, 4) is 5.75 Å². The number of likely N-dealkylation sites (N-methyl/N-ethyl adjacent to an activating group) is 1. The summed E-state index contributed by atoms with van der Waals surface area (Å²) in [6.45, 7) is 4.18. The number of hydrogen-bond acceptors (Lipinski definition) is 4. The van der Waals surface area contributed by atoms with Crippen LogP contribution in [-0.2, 0) is 6.54 Å². The quantitative estimate of drug-likeness (QED) is 0.238. The van der Waals surface area contributed by atoms with Crippen molar-refractivity contribution in [2.45, 2.75) is 19.6 Å². The van der Waals surface area contributed by atoms with Gasteiger partial charge in [0.1, 0.15) is 6.10 Å². The van der Waals surface area contributed by atoms with Gasteiger partial charge in [0.15, 0.2) is 17.5 Å². The highest BCUT2D eigenvalue weighted by Gasteiger charge is 2.10. The molecule has 2 rings (SSSR count). The van der Waals surface area contributed by atoms with E-state index in [1.54, 1.807) is 31.3 Å². The van der Waals surface area contributed by atoms with E-state index in [4.69, 9.17) is 4.74 Å². The lowest BCUT2D eigenvalue weighted by molar-refractivity contribution is 0.0951. The molecule has 0 heterocycles. The number of carbonyl (C=O) groups is 1. The predicted octanol–water partition coefficient (Wildman–Crippen LogP) is 2.87. The van der Waals surface area contributed by atoms with Crippen molar-refractivity contribution in [1.82, 2.24) is 20.9 Å². The summed E-state index contributed by atoms with van der Waals surface area (Å²) >= 11 is 0. The SMILES string of the molecule is CN=C(NCc1cccc(C(=O)NCCN(C)C)c1)NCC(C)Oc1ccccc1F.I. The van der Waals surface area contributed by atoms with Gasteiger partial charge in [-0.15, -0.1) is 24.0 Å². The molecule has 32 heavy (non-hydrogen) atoms. The maximum absolute atomic E-state index is 13.7. The van der Waals surface area contributed by atoms with Gasteiger partial charge in [-0.25, -0.2) is 4.39 Å². The second-order valence-corrected chi connectivity index (χ2v) is 7.43. The number of benzene rings is 2. The van der Waals surface area contributed by atoms with E-state index in [9.17, 15) is 9.18 Å². The van der Waals surface area contributed by atoms with Crippen molar-refractivity contribution in [1.29, 1.82) is 0 Å².